The molecule has 156 valence electrons. The minimum absolute atomic E-state index is 0.0452. The number of hydrazine groups is 1. The SMILES string of the molecule is CC(=O)N(NC(=O)C(=O)[C@@](CC(C)C)(N=C=O)C1CCCCC1)c1ccccc1. The molecule has 1 saturated carbocycles. The van der Waals surface area contributed by atoms with Crippen LogP contribution in [0.15, 0.2) is 35.3 Å². The average molecular weight is 399 g/mol. The zero-order chi connectivity index (χ0) is 21.4. The molecule has 0 bridgehead atoms. The number of hydrogen-bond acceptors (Lipinski definition) is 5. The number of aliphatic imine (C=N–C) groups is 1. The molecule has 1 aliphatic rings. The van der Waals surface area contributed by atoms with Crippen LogP contribution in [0, 0.1) is 11.8 Å². The number of hydrogen-bond donors (Lipinski definition) is 1. The molecule has 1 aromatic rings. The molecule has 29 heavy (non-hydrogen) atoms. The summed E-state index contributed by atoms with van der Waals surface area (Å²) in [5.41, 5.74) is 1.41. The van der Waals surface area contributed by atoms with Crippen LogP contribution in [0.3, 0.4) is 0 Å². The van der Waals surface area contributed by atoms with Gasteiger partial charge in [0.05, 0.1) is 5.69 Å². The van der Waals surface area contributed by atoms with Crippen molar-refractivity contribution in [3.8, 4) is 0 Å². The van der Waals surface area contributed by atoms with E-state index in [0.29, 0.717) is 5.69 Å². The zero-order valence-corrected chi connectivity index (χ0v) is 17.3. The Labute approximate surface area is 171 Å². The van der Waals surface area contributed by atoms with Gasteiger partial charge in [-0.2, -0.15) is 4.99 Å². The lowest BCUT2D eigenvalue weighted by molar-refractivity contribution is -0.143. The topological polar surface area (TPSA) is 95.9 Å². The molecule has 7 nitrogen and oxygen atoms in total. The Morgan fingerprint density at radius 2 is 1.79 bits per heavy atom. The van der Waals surface area contributed by atoms with Crippen molar-refractivity contribution in [3.05, 3.63) is 30.3 Å². The van der Waals surface area contributed by atoms with Gasteiger partial charge < -0.3 is 0 Å². The number of amides is 2. The second-order valence-corrected chi connectivity index (χ2v) is 8.02. The van der Waals surface area contributed by atoms with Crippen molar-refractivity contribution in [1.29, 1.82) is 0 Å². The van der Waals surface area contributed by atoms with Gasteiger partial charge in [0.25, 0.3) is 0 Å². The Balaban J connectivity index is 2.36. The van der Waals surface area contributed by atoms with Crippen LogP contribution in [0.4, 0.5) is 5.69 Å². The van der Waals surface area contributed by atoms with Gasteiger partial charge in [-0.1, -0.05) is 51.3 Å². The van der Waals surface area contributed by atoms with Gasteiger partial charge in [0.2, 0.25) is 17.8 Å². The predicted molar refractivity (Wildman–Crippen MR) is 110 cm³/mol. The molecular weight excluding hydrogens is 370 g/mol. The van der Waals surface area contributed by atoms with Crippen molar-refractivity contribution < 1.29 is 19.2 Å². The predicted octanol–water partition coefficient (Wildman–Crippen LogP) is 3.34. The van der Waals surface area contributed by atoms with Crippen LogP contribution in [-0.4, -0.2) is 29.2 Å². The van der Waals surface area contributed by atoms with Crippen molar-refractivity contribution in [2.45, 2.75) is 64.8 Å². The molecule has 0 radical (unpaired) electrons. The molecule has 7 heteroatoms. The van der Waals surface area contributed by atoms with Crippen LogP contribution in [-0.2, 0) is 19.2 Å². The van der Waals surface area contributed by atoms with Gasteiger partial charge in [0.1, 0.15) is 5.54 Å². The molecule has 1 fully saturated rings. The Kier molecular flexibility index (Phi) is 7.85. The van der Waals surface area contributed by atoms with E-state index in [-0.39, 0.29) is 18.3 Å². The molecule has 1 aromatic carbocycles. The fourth-order valence-corrected chi connectivity index (χ4v) is 4.17. The van der Waals surface area contributed by atoms with Gasteiger partial charge in [-0.3, -0.25) is 19.8 Å². The van der Waals surface area contributed by atoms with E-state index < -0.39 is 23.1 Å². The van der Waals surface area contributed by atoms with Crippen molar-refractivity contribution >= 4 is 29.4 Å². The molecule has 0 unspecified atom stereocenters. The number of carbonyl (C=O) groups is 3. The highest BCUT2D eigenvalue weighted by molar-refractivity contribution is 6.40. The van der Waals surface area contributed by atoms with E-state index in [2.05, 4.69) is 10.4 Å². The average Bonchev–Trinajstić information content (AvgIpc) is 2.71. The lowest BCUT2D eigenvalue weighted by Gasteiger charge is -2.38. The molecule has 0 aliphatic heterocycles. The summed E-state index contributed by atoms with van der Waals surface area (Å²) in [5, 5.41) is 1.03. The summed E-state index contributed by atoms with van der Waals surface area (Å²) in [6.07, 6.45) is 6.20. The van der Waals surface area contributed by atoms with Crippen LogP contribution >= 0.6 is 0 Å². The van der Waals surface area contributed by atoms with E-state index in [1.165, 1.54) is 6.92 Å². The standard InChI is InChI=1S/C22H29N3O4/c1-16(2)14-22(23-15-26,18-10-6-4-7-11-18)20(28)21(29)24-25(17(3)27)19-12-8-5-9-13-19/h5,8-9,12-13,16,18H,4,6-7,10-11,14H2,1-3H3,(H,24,29)/t22-/m0/s1. The molecule has 2 rings (SSSR count). The summed E-state index contributed by atoms with van der Waals surface area (Å²) in [7, 11) is 0. The molecule has 0 aromatic heterocycles. The highest BCUT2D eigenvalue weighted by Crippen LogP contribution is 2.40. The number of isocyanates is 1. The summed E-state index contributed by atoms with van der Waals surface area (Å²) in [5.74, 6) is -2.33. The minimum atomic E-state index is -1.44. The van der Waals surface area contributed by atoms with Gasteiger partial charge in [-0.15, -0.1) is 0 Å². The highest BCUT2D eigenvalue weighted by atomic mass is 16.2. The number of nitrogens with one attached hydrogen (secondary N) is 1. The van der Waals surface area contributed by atoms with Crippen LogP contribution in [0.5, 0.6) is 0 Å². The monoisotopic (exact) mass is 399 g/mol. The van der Waals surface area contributed by atoms with Gasteiger partial charge in [0, 0.05) is 6.92 Å². The van der Waals surface area contributed by atoms with E-state index in [1.807, 2.05) is 13.8 Å². The number of ketones is 1. The third-order valence-electron chi connectivity index (χ3n) is 5.39. The molecule has 0 spiro atoms. The molecule has 1 N–H and O–H groups in total. The Morgan fingerprint density at radius 3 is 2.31 bits per heavy atom. The second kappa shape index (κ2) is 10.1. The maximum Gasteiger partial charge on any atom is 0.308 e. The summed E-state index contributed by atoms with van der Waals surface area (Å²) >= 11 is 0. The highest BCUT2D eigenvalue weighted by Gasteiger charge is 2.49. The molecule has 0 saturated heterocycles. The van der Waals surface area contributed by atoms with E-state index >= 15 is 0 Å². The maximum absolute atomic E-state index is 13.4. The van der Waals surface area contributed by atoms with Crippen LogP contribution in [0.25, 0.3) is 0 Å². The van der Waals surface area contributed by atoms with Gasteiger partial charge in [0.15, 0.2) is 0 Å². The first-order valence-electron chi connectivity index (χ1n) is 10.1. The lowest BCUT2D eigenvalue weighted by Crippen LogP contribution is -2.56. The van der Waals surface area contributed by atoms with Crippen LogP contribution < -0.4 is 10.4 Å². The number of Topliss-reactive ketones (excluding diaryl/α,β-unsaturated/α-hetero) is 1. The fourth-order valence-electron chi connectivity index (χ4n) is 4.17. The fraction of sp³-hybridized carbons (Fsp3) is 0.545. The van der Waals surface area contributed by atoms with Crippen LogP contribution in [0.1, 0.15) is 59.3 Å². The van der Waals surface area contributed by atoms with Crippen molar-refractivity contribution in [1.82, 2.24) is 5.43 Å². The largest absolute Gasteiger partial charge is 0.308 e. The number of benzene rings is 1. The number of rotatable bonds is 7. The van der Waals surface area contributed by atoms with Crippen LogP contribution in [0.2, 0.25) is 0 Å². The Bertz CT molecular complexity index is 781. The number of para-hydroxylation sites is 1. The smallest absolute Gasteiger partial charge is 0.286 e. The van der Waals surface area contributed by atoms with Gasteiger partial charge in [-0.05, 0) is 43.2 Å². The van der Waals surface area contributed by atoms with Gasteiger partial charge in [-0.25, -0.2) is 9.80 Å². The Morgan fingerprint density at radius 1 is 1.17 bits per heavy atom. The third kappa shape index (κ3) is 5.39. The quantitative estimate of drug-likeness (QED) is 0.329. The van der Waals surface area contributed by atoms with E-state index in [4.69, 9.17) is 0 Å². The maximum atomic E-state index is 13.4. The minimum Gasteiger partial charge on any atom is -0.286 e. The molecule has 1 atom stereocenters. The number of carbonyl (C=O) groups excluding carboxylic acids is 4. The first kappa shape index (κ1) is 22.5. The van der Waals surface area contributed by atoms with Crippen molar-refractivity contribution in [2.75, 3.05) is 5.01 Å². The summed E-state index contributed by atoms with van der Waals surface area (Å²) in [6.45, 7) is 5.15. The van der Waals surface area contributed by atoms with Gasteiger partial charge >= 0.3 is 5.91 Å². The summed E-state index contributed by atoms with van der Waals surface area (Å²) in [4.78, 5) is 53.6. The van der Waals surface area contributed by atoms with E-state index in [0.717, 1.165) is 37.1 Å². The third-order valence-corrected chi connectivity index (χ3v) is 5.39. The zero-order valence-electron chi connectivity index (χ0n) is 17.3. The van der Waals surface area contributed by atoms with Crippen molar-refractivity contribution in [2.24, 2.45) is 16.8 Å². The molecular formula is C22H29N3O4. The van der Waals surface area contributed by atoms with E-state index in [1.54, 1.807) is 36.4 Å². The molecule has 0 heterocycles. The normalized spacial score (nSPS) is 16.4. The van der Waals surface area contributed by atoms with Crippen molar-refractivity contribution in [3.63, 3.8) is 0 Å². The summed E-state index contributed by atoms with van der Waals surface area (Å²) < 4.78 is 0. The first-order chi connectivity index (χ1) is 13.8. The second-order valence-electron chi connectivity index (χ2n) is 8.02. The lowest BCUT2D eigenvalue weighted by atomic mass is 9.69. The Hall–Kier alpha value is -2.79. The first-order valence-corrected chi connectivity index (χ1v) is 10.1. The van der Waals surface area contributed by atoms with E-state index in [9.17, 15) is 19.2 Å². The molecule has 1 aliphatic carbocycles. The number of nitrogens with zero attached hydrogens (tertiary/aromatic N) is 2. The summed E-state index contributed by atoms with van der Waals surface area (Å²) in [6, 6.07) is 8.53. The number of anilines is 1. The molecule has 2 amide bonds.